The van der Waals surface area contributed by atoms with Crippen LogP contribution in [-0.4, -0.2) is 63.5 Å². The van der Waals surface area contributed by atoms with Crippen LogP contribution in [-0.2, 0) is 18.4 Å². The van der Waals surface area contributed by atoms with Crippen molar-refractivity contribution in [3.05, 3.63) is 75.5 Å². The third-order valence-electron chi connectivity index (χ3n) is 5.88. The molecule has 1 aromatic heterocycles. The molecule has 3 amide bonds. The molecule has 36 heavy (non-hydrogen) atoms. The molecule has 0 bridgehead atoms. The van der Waals surface area contributed by atoms with Gasteiger partial charge in [-0.1, -0.05) is 35.3 Å². The summed E-state index contributed by atoms with van der Waals surface area (Å²) >= 11 is 12.1. The second kappa shape index (κ2) is 11.1. The van der Waals surface area contributed by atoms with Crippen molar-refractivity contribution in [2.75, 3.05) is 36.8 Å². The summed E-state index contributed by atoms with van der Waals surface area (Å²) in [5.41, 5.74) is 2.16. The summed E-state index contributed by atoms with van der Waals surface area (Å²) in [6, 6.07) is 12.1. The maximum atomic E-state index is 13.0. The van der Waals surface area contributed by atoms with Gasteiger partial charge in [-0.05, 0) is 35.9 Å². The fraction of sp³-hybridized carbons (Fsp3) is 0.280. The molecule has 0 unspecified atom stereocenters. The Labute approximate surface area is 219 Å². The monoisotopic (exact) mass is 528 g/mol. The molecule has 9 nitrogen and oxygen atoms in total. The Balaban J connectivity index is 1.43. The minimum Gasteiger partial charge on any atom is -0.340 e. The van der Waals surface area contributed by atoms with E-state index >= 15 is 0 Å². The Morgan fingerprint density at radius 3 is 2.36 bits per heavy atom. The SMILES string of the molecule is CC(=O)N1CCN(Cc2cccc(C(=O)Nc3cn(C)nc3C(=O)Nc3ccc(Cl)cc3Cl)c2)CC1. The number of nitrogens with zero attached hydrogens (tertiary/aromatic N) is 4. The summed E-state index contributed by atoms with van der Waals surface area (Å²) in [7, 11) is 1.66. The molecule has 0 radical (unpaired) electrons. The highest BCUT2D eigenvalue weighted by Crippen LogP contribution is 2.26. The number of amides is 3. The minimum absolute atomic E-state index is 0.0522. The first-order valence-electron chi connectivity index (χ1n) is 11.4. The molecule has 0 aliphatic carbocycles. The predicted molar refractivity (Wildman–Crippen MR) is 140 cm³/mol. The Hall–Kier alpha value is -3.40. The lowest BCUT2D eigenvalue weighted by atomic mass is 10.1. The van der Waals surface area contributed by atoms with Gasteiger partial charge in [-0.3, -0.25) is 24.0 Å². The van der Waals surface area contributed by atoms with Crippen molar-refractivity contribution in [3.8, 4) is 0 Å². The smallest absolute Gasteiger partial charge is 0.278 e. The van der Waals surface area contributed by atoms with Gasteiger partial charge in [0.05, 0.1) is 16.4 Å². The van der Waals surface area contributed by atoms with Crippen LogP contribution in [0.25, 0.3) is 0 Å². The van der Waals surface area contributed by atoms with E-state index in [1.54, 1.807) is 38.4 Å². The molecule has 1 aliphatic heterocycles. The van der Waals surface area contributed by atoms with E-state index in [1.165, 1.54) is 10.7 Å². The molecule has 188 valence electrons. The van der Waals surface area contributed by atoms with Gasteiger partial charge < -0.3 is 15.5 Å². The first-order chi connectivity index (χ1) is 17.2. The van der Waals surface area contributed by atoms with Gasteiger partial charge in [-0.15, -0.1) is 0 Å². The van der Waals surface area contributed by atoms with Crippen molar-refractivity contribution >= 4 is 52.3 Å². The largest absolute Gasteiger partial charge is 0.340 e. The van der Waals surface area contributed by atoms with Crippen molar-refractivity contribution in [2.45, 2.75) is 13.5 Å². The van der Waals surface area contributed by atoms with Crippen LogP contribution >= 0.6 is 23.2 Å². The van der Waals surface area contributed by atoms with Crippen LogP contribution in [0.1, 0.15) is 33.3 Å². The molecule has 3 aromatic rings. The first kappa shape index (κ1) is 25.7. The number of benzene rings is 2. The lowest BCUT2D eigenvalue weighted by Gasteiger charge is -2.34. The van der Waals surface area contributed by atoms with Gasteiger partial charge in [0.15, 0.2) is 5.69 Å². The van der Waals surface area contributed by atoms with Crippen molar-refractivity contribution in [2.24, 2.45) is 7.05 Å². The number of aromatic nitrogens is 2. The number of piperazine rings is 1. The summed E-state index contributed by atoms with van der Waals surface area (Å²) in [5, 5.41) is 10.4. The standard InChI is InChI=1S/C25H26Cl2N6O3/c1-16(34)33-10-8-32(9-11-33)14-17-4-3-5-18(12-17)24(35)29-22-15-31(2)30-23(22)25(36)28-21-7-6-19(26)13-20(21)27/h3-7,12-13,15H,8-11,14H2,1-2H3,(H,28,36)(H,29,35). The summed E-state index contributed by atoms with van der Waals surface area (Å²) in [6.07, 6.45) is 1.56. The summed E-state index contributed by atoms with van der Waals surface area (Å²) in [4.78, 5) is 41.6. The number of nitrogens with one attached hydrogen (secondary N) is 2. The van der Waals surface area contributed by atoms with Crippen molar-refractivity contribution in [1.29, 1.82) is 0 Å². The van der Waals surface area contributed by atoms with E-state index in [0.717, 1.165) is 18.7 Å². The number of halogens is 2. The number of rotatable bonds is 6. The lowest BCUT2D eigenvalue weighted by molar-refractivity contribution is -0.130. The summed E-state index contributed by atoms with van der Waals surface area (Å²) in [5.74, 6) is -0.786. The van der Waals surface area contributed by atoms with E-state index < -0.39 is 5.91 Å². The van der Waals surface area contributed by atoms with E-state index in [4.69, 9.17) is 23.2 Å². The van der Waals surface area contributed by atoms with Crippen LogP contribution in [0.2, 0.25) is 10.0 Å². The Kier molecular flexibility index (Phi) is 7.93. The molecule has 4 rings (SSSR count). The van der Waals surface area contributed by atoms with Crippen LogP contribution in [0.15, 0.2) is 48.7 Å². The van der Waals surface area contributed by atoms with Crippen LogP contribution in [0.4, 0.5) is 11.4 Å². The van der Waals surface area contributed by atoms with Gasteiger partial charge in [0.1, 0.15) is 0 Å². The fourth-order valence-electron chi connectivity index (χ4n) is 4.00. The highest BCUT2D eigenvalue weighted by atomic mass is 35.5. The minimum atomic E-state index is -0.520. The Bertz CT molecular complexity index is 1300. The topological polar surface area (TPSA) is 99.6 Å². The van der Waals surface area contributed by atoms with Gasteiger partial charge in [0.2, 0.25) is 5.91 Å². The number of hydrogen-bond acceptors (Lipinski definition) is 5. The molecular weight excluding hydrogens is 503 g/mol. The summed E-state index contributed by atoms with van der Waals surface area (Å²) < 4.78 is 1.45. The second-order valence-corrected chi connectivity index (χ2v) is 9.42. The second-order valence-electron chi connectivity index (χ2n) is 8.58. The predicted octanol–water partition coefficient (Wildman–Crippen LogP) is 3.90. The quantitative estimate of drug-likeness (QED) is 0.505. The average molecular weight is 529 g/mol. The molecule has 2 aromatic carbocycles. The molecule has 2 heterocycles. The lowest BCUT2D eigenvalue weighted by Crippen LogP contribution is -2.47. The zero-order valence-electron chi connectivity index (χ0n) is 19.9. The first-order valence-corrected chi connectivity index (χ1v) is 12.1. The highest BCUT2D eigenvalue weighted by Gasteiger charge is 2.21. The molecule has 0 atom stereocenters. The van der Waals surface area contributed by atoms with E-state index in [9.17, 15) is 14.4 Å². The summed E-state index contributed by atoms with van der Waals surface area (Å²) in [6.45, 7) is 5.21. The maximum absolute atomic E-state index is 13.0. The normalized spacial score (nSPS) is 13.9. The number of hydrogen-bond donors (Lipinski definition) is 2. The molecule has 2 N–H and O–H groups in total. The van der Waals surface area contributed by atoms with Gasteiger partial charge in [-0.2, -0.15) is 5.10 Å². The Morgan fingerprint density at radius 1 is 0.944 bits per heavy atom. The van der Waals surface area contributed by atoms with Crippen molar-refractivity contribution in [1.82, 2.24) is 19.6 Å². The third-order valence-corrected chi connectivity index (χ3v) is 6.43. The molecule has 1 aliphatic rings. The zero-order valence-corrected chi connectivity index (χ0v) is 21.4. The van der Waals surface area contributed by atoms with Crippen LogP contribution in [0, 0.1) is 0 Å². The van der Waals surface area contributed by atoms with Crippen LogP contribution in [0.5, 0.6) is 0 Å². The van der Waals surface area contributed by atoms with E-state index in [0.29, 0.717) is 35.9 Å². The van der Waals surface area contributed by atoms with Gasteiger partial charge in [0.25, 0.3) is 11.8 Å². The maximum Gasteiger partial charge on any atom is 0.278 e. The van der Waals surface area contributed by atoms with Crippen molar-refractivity contribution in [3.63, 3.8) is 0 Å². The van der Waals surface area contributed by atoms with Gasteiger partial charge >= 0.3 is 0 Å². The van der Waals surface area contributed by atoms with Gasteiger partial charge in [0, 0.05) is 63.5 Å². The zero-order chi connectivity index (χ0) is 25.8. The third kappa shape index (κ3) is 6.23. The van der Waals surface area contributed by atoms with Crippen LogP contribution in [0.3, 0.4) is 0 Å². The number of carbonyl (C=O) groups excluding carboxylic acids is 3. The van der Waals surface area contributed by atoms with Crippen molar-refractivity contribution < 1.29 is 14.4 Å². The van der Waals surface area contributed by atoms with Gasteiger partial charge in [-0.25, -0.2) is 0 Å². The number of anilines is 2. The fourth-order valence-corrected chi connectivity index (χ4v) is 4.46. The highest BCUT2D eigenvalue weighted by molar-refractivity contribution is 6.36. The Morgan fingerprint density at radius 2 is 1.67 bits per heavy atom. The van der Waals surface area contributed by atoms with E-state index in [-0.39, 0.29) is 28.2 Å². The molecule has 1 saturated heterocycles. The van der Waals surface area contributed by atoms with Crippen LogP contribution < -0.4 is 10.6 Å². The molecule has 1 fully saturated rings. The number of carbonyl (C=O) groups is 3. The van der Waals surface area contributed by atoms with E-state index in [1.807, 2.05) is 23.1 Å². The molecule has 0 spiro atoms. The molecule has 0 saturated carbocycles. The van der Waals surface area contributed by atoms with E-state index in [2.05, 4.69) is 20.6 Å². The molecule has 11 heteroatoms. The molecular formula is C25H26Cl2N6O3. The number of aryl methyl sites for hydroxylation is 1. The average Bonchev–Trinajstić information content (AvgIpc) is 3.21.